The van der Waals surface area contributed by atoms with E-state index in [9.17, 15) is 13.2 Å². The van der Waals surface area contributed by atoms with E-state index < -0.39 is 10.0 Å². The minimum atomic E-state index is -3.70. The largest absolute Gasteiger partial charge is 0.325 e. The van der Waals surface area contributed by atoms with Crippen LogP contribution in [0.1, 0.15) is 24.0 Å². The highest BCUT2D eigenvalue weighted by molar-refractivity contribution is 7.89. The summed E-state index contributed by atoms with van der Waals surface area (Å²) in [6.07, 6.45) is 0. The van der Waals surface area contributed by atoms with Gasteiger partial charge in [-0.1, -0.05) is 29.3 Å². The van der Waals surface area contributed by atoms with Crippen molar-refractivity contribution in [3.05, 3.63) is 57.6 Å². The summed E-state index contributed by atoms with van der Waals surface area (Å²) in [5.41, 5.74) is 2.07. The first-order valence-electron chi connectivity index (χ1n) is 7.55. The van der Waals surface area contributed by atoms with Crippen molar-refractivity contribution in [1.29, 1.82) is 0 Å². The van der Waals surface area contributed by atoms with Gasteiger partial charge in [-0.15, -0.1) is 0 Å². The Kier molecular flexibility index (Phi) is 4.81. The van der Waals surface area contributed by atoms with Crippen molar-refractivity contribution >= 4 is 44.8 Å². The molecule has 1 aliphatic rings. The highest BCUT2D eigenvalue weighted by atomic mass is 35.5. The second kappa shape index (κ2) is 6.61. The number of anilines is 1. The number of fused-ring (bicyclic) bond motifs is 1. The van der Waals surface area contributed by atoms with E-state index in [0.29, 0.717) is 21.3 Å². The van der Waals surface area contributed by atoms with Gasteiger partial charge in [0, 0.05) is 19.3 Å². The Morgan fingerprint density at radius 3 is 2.52 bits per heavy atom. The van der Waals surface area contributed by atoms with Gasteiger partial charge in [0.2, 0.25) is 15.9 Å². The number of carbonyl (C=O) groups excluding carboxylic acids is 1. The maximum absolute atomic E-state index is 12.8. The monoisotopic (exact) mass is 398 g/mol. The number of sulfonamides is 1. The van der Waals surface area contributed by atoms with E-state index in [1.165, 1.54) is 17.4 Å². The van der Waals surface area contributed by atoms with Gasteiger partial charge in [0.05, 0.1) is 20.9 Å². The first-order valence-corrected chi connectivity index (χ1v) is 9.75. The smallest absolute Gasteiger partial charge is 0.243 e. The SMILES string of the molecule is C[C@H]1C(=O)Nc2ccc(S(=O)(=O)N(C)Cc3ccc(Cl)c(Cl)c3)cc21. The molecular weight excluding hydrogens is 383 g/mol. The van der Waals surface area contributed by atoms with Gasteiger partial charge in [0.25, 0.3) is 0 Å². The predicted octanol–water partition coefficient (Wildman–Crippen LogP) is 3.87. The van der Waals surface area contributed by atoms with E-state index in [4.69, 9.17) is 23.2 Å². The molecule has 8 heteroatoms. The van der Waals surface area contributed by atoms with E-state index in [1.54, 1.807) is 37.3 Å². The number of hydrogen-bond donors (Lipinski definition) is 1. The zero-order chi connectivity index (χ0) is 18.4. The average molecular weight is 399 g/mol. The van der Waals surface area contributed by atoms with E-state index in [1.807, 2.05) is 0 Å². The molecule has 1 amide bonds. The van der Waals surface area contributed by atoms with Gasteiger partial charge in [-0.25, -0.2) is 8.42 Å². The molecular formula is C17H16Cl2N2O3S. The van der Waals surface area contributed by atoms with Gasteiger partial charge in [-0.2, -0.15) is 4.31 Å². The topological polar surface area (TPSA) is 66.5 Å². The third-order valence-corrected chi connectivity index (χ3v) is 6.78. The van der Waals surface area contributed by atoms with Gasteiger partial charge in [0.1, 0.15) is 0 Å². The molecule has 5 nitrogen and oxygen atoms in total. The van der Waals surface area contributed by atoms with E-state index in [-0.39, 0.29) is 23.3 Å². The molecule has 25 heavy (non-hydrogen) atoms. The minimum Gasteiger partial charge on any atom is -0.325 e. The van der Waals surface area contributed by atoms with Crippen molar-refractivity contribution in [1.82, 2.24) is 4.31 Å². The summed E-state index contributed by atoms with van der Waals surface area (Å²) in [6, 6.07) is 9.68. The third-order valence-electron chi connectivity index (χ3n) is 4.24. The number of nitrogens with zero attached hydrogens (tertiary/aromatic N) is 1. The summed E-state index contributed by atoms with van der Waals surface area (Å²) in [6.45, 7) is 1.90. The number of nitrogens with one attached hydrogen (secondary N) is 1. The molecule has 1 aliphatic heterocycles. The molecule has 0 bridgehead atoms. The van der Waals surface area contributed by atoms with Crippen molar-refractivity contribution < 1.29 is 13.2 Å². The van der Waals surface area contributed by atoms with Crippen LogP contribution >= 0.6 is 23.2 Å². The Hall–Kier alpha value is -1.60. The zero-order valence-corrected chi connectivity index (χ0v) is 15.9. The molecule has 0 aromatic heterocycles. The van der Waals surface area contributed by atoms with Gasteiger partial charge < -0.3 is 5.32 Å². The Morgan fingerprint density at radius 1 is 1.12 bits per heavy atom. The maximum atomic E-state index is 12.8. The Balaban J connectivity index is 1.88. The van der Waals surface area contributed by atoms with Crippen LogP contribution in [0.4, 0.5) is 5.69 Å². The van der Waals surface area contributed by atoms with E-state index >= 15 is 0 Å². The fraction of sp³-hybridized carbons (Fsp3) is 0.235. The van der Waals surface area contributed by atoms with Crippen LogP contribution in [0.3, 0.4) is 0 Å². The molecule has 1 heterocycles. The van der Waals surface area contributed by atoms with Gasteiger partial charge >= 0.3 is 0 Å². The van der Waals surface area contributed by atoms with E-state index in [0.717, 1.165) is 5.56 Å². The molecule has 2 aromatic rings. The quantitative estimate of drug-likeness (QED) is 0.849. The van der Waals surface area contributed by atoms with Crippen LogP contribution in [-0.2, 0) is 21.4 Å². The molecule has 1 N–H and O–H groups in total. The lowest BCUT2D eigenvalue weighted by Gasteiger charge is -2.18. The highest BCUT2D eigenvalue weighted by Gasteiger charge is 2.29. The van der Waals surface area contributed by atoms with Crippen molar-refractivity contribution in [3.8, 4) is 0 Å². The first-order chi connectivity index (χ1) is 11.7. The Labute approximate surface area is 156 Å². The summed E-state index contributed by atoms with van der Waals surface area (Å²) >= 11 is 11.9. The number of rotatable bonds is 4. The summed E-state index contributed by atoms with van der Waals surface area (Å²) in [5.74, 6) is -0.501. The number of benzene rings is 2. The minimum absolute atomic E-state index is 0.131. The van der Waals surface area contributed by atoms with Gasteiger partial charge in [-0.05, 0) is 48.4 Å². The van der Waals surface area contributed by atoms with Crippen molar-refractivity contribution in [2.24, 2.45) is 0 Å². The van der Waals surface area contributed by atoms with Crippen LogP contribution in [0.5, 0.6) is 0 Å². The molecule has 0 radical (unpaired) electrons. The fourth-order valence-corrected chi connectivity index (χ4v) is 4.23. The molecule has 0 spiro atoms. The molecule has 0 unspecified atom stereocenters. The number of hydrogen-bond acceptors (Lipinski definition) is 3. The van der Waals surface area contributed by atoms with Crippen molar-refractivity contribution in [2.75, 3.05) is 12.4 Å². The standard InChI is InChI=1S/C17H16Cl2N2O3S/c1-10-13-8-12(4-6-16(13)20-17(10)22)25(23,24)21(2)9-11-3-5-14(18)15(19)7-11/h3-8,10H,9H2,1-2H3,(H,20,22)/t10-/m1/s1. The number of halogens is 2. The lowest BCUT2D eigenvalue weighted by Crippen LogP contribution is -2.26. The predicted molar refractivity (Wildman–Crippen MR) is 98.6 cm³/mol. The molecule has 132 valence electrons. The van der Waals surface area contributed by atoms with Gasteiger partial charge in [-0.3, -0.25) is 4.79 Å². The molecule has 0 saturated carbocycles. The Morgan fingerprint density at radius 2 is 1.84 bits per heavy atom. The van der Waals surface area contributed by atoms with Crippen LogP contribution in [0.2, 0.25) is 10.0 Å². The lowest BCUT2D eigenvalue weighted by atomic mass is 10.0. The fourth-order valence-electron chi connectivity index (χ4n) is 2.72. The highest BCUT2D eigenvalue weighted by Crippen LogP contribution is 2.34. The molecule has 2 aromatic carbocycles. The van der Waals surface area contributed by atoms with Crippen LogP contribution in [0, 0.1) is 0 Å². The van der Waals surface area contributed by atoms with Gasteiger partial charge in [0.15, 0.2) is 0 Å². The summed E-state index contributed by atoms with van der Waals surface area (Å²) in [4.78, 5) is 11.9. The van der Waals surface area contributed by atoms with Crippen LogP contribution < -0.4 is 5.32 Å². The van der Waals surface area contributed by atoms with Crippen molar-refractivity contribution in [2.45, 2.75) is 24.3 Å². The summed E-state index contributed by atoms with van der Waals surface area (Å²) in [7, 11) is -2.21. The first kappa shape index (κ1) is 18.2. The molecule has 3 rings (SSSR count). The maximum Gasteiger partial charge on any atom is 0.243 e. The second-order valence-electron chi connectivity index (χ2n) is 5.97. The molecule has 0 saturated heterocycles. The summed E-state index contributed by atoms with van der Waals surface area (Å²) in [5, 5.41) is 3.53. The average Bonchev–Trinajstić information content (AvgIpc) is 2.85. The second-order valence-corrected chi connectivity index (χ2v) is 8.83. The van der Waals surface area contributed by atoms with Crippen LogP contribution in [-0.4, -0.2) is 25.7 Å². The van der Waals surface area contributed by atoms with E-state index in [2.05, 4.69) is 5.32 Å². The Bertz CT molecular complexity index is 960. The number of amides is 1. The lowest BCUT2D eigenvalue weighted by molar-refractivity contribution is -0.116. The normalized spacial score (nSPS) is 16.8. The van der Waals surface area contributed by atoms with Crippen LogP contribution in [0.15, 0.2) is 41.3 Å². The summed E-state index contributed by atoms with van der Waals surface area (Å²) < 4.78 is 26.9. The molecule has 0 aliphatic carbocycles. The molecule has 0 fully saturated rings. The third kappa shape index (κ3) is 3.40. The van der Waals surface area contributed by atoms with Crippen molar-refractivity contribution in [3.63, 3.8) is 0 Å². The number of carbonyl (C=O) groups is 1. The molecule has 1 atom stereocenters. The zero-order valence-electron chi connectivity index (χ0n) is 13.6. The van der Waals surface area contributed by atoms with Crippen LogP contribution in [0.25, 0.3) is 0 Å².